The Labute approximate surface area is 313 Å². The summed E-state index contributed by atoms with van der Waals surface area (Å²) in [6.07, 6.45) is 7.48. The van der Waals surface area contributed by atoms with Crippen LogP contribution in [-0.4, -0.2) is 63.6 Å². The second-order valence-corrected chi connectivity index (χ2v) is 14.4. The monoisotopic (exact) mass is 766 g/mol. The van der Waals surface area contributed by atoms with Gasteiger partial charge in [0.15, 0.2) is 6.61 Å². The number of nitrogens with one attached hydrogen (secondary N) is 1. The Morgan fingerprint density at radius 2 is 1.76 bits per heavy atom. The minimum absolute atomic E-state index is 0.0360. The van der Waals surface area contributed by atoms with Gasteiger partial charge in [0, 0.05) is 70.4 Å². The van der Waals surface area contributed by atoms with E-state index in [0.717, 1.165) is 65.8 Å². The molecule has 0 bridgehead atoms. The van der Waals surface area contributed by atoms with Crippen molar-refractivity contribution < 1.29 is 23.6 Å². The van der Waals surface area contributed by atoms with E-state index in [-0.39, 0.29) is 43.0 Å². The van der Waals surface area contributed by atoms with Gasteiger partial charge in [-0.05, 0) is 72.9 Å². The molecule has 0 radical (unpaired) electrons. The van der Waals surface area contributed by atoms with E-state index in [0.29, 0.717) is 32.5 Å². The van der Waals surface area contributed by atoms with E-state index >= 15 is 0 Å². The van der Waals surface area contributed by atoms with Crippen molar-refractivity contribution in [3.05, 3.63) is 104 Å². The highest BCUT2D eigenvalue weighted by Crippen LogP contribution is 2.32. The van der Waals surface area contributed by atoms with Crippen LogP contribution >= 0.6 is 46.3 Å². The molecule has 4 heterocycles. The molecule has 1 aliphatic carbocycles. The number of hydrogen-bond acceptors (Lipinski definition) is 10. The minimum Gasteiger partial charge on any atom is -0.465 e. The van der Waals surface area contributed by atoms with Crippen LogP contribution in [-0.2, 0) is 21.0 Å². The second kappa shape index (κ2) is 17.2. The Hall–Kier alpha value is -4.36. The molecule has 15 heteroatoms. The highest BCUT2D eigenvalue weighted by atomic mass is 35.5. The van der Waals surface area contributed by atoms with Crippen molar-refractivity contribution in [2.45, 2.75) is 38.2 Å². The van der Waals surface area contributed by atoms with Crippen LogP contribution in [0.1, 0.15) is 48.6 Å². The number of furan rings is 1. The smallest absolute Gasteiger partial charge is 0.321 e. The topological polar surface area (TPSA) is 139 Å². The fourth-order valence-electron chi connectivity index (χ4n) is 6.06. The molecule has 1 saturated carbocycles. The number of ketones is 2. The molecule has 2 aliphatic heterocycles. The number of benzene rings is 2. The van der Waals surface area contributed by atoms with Crippen molar-refractivity contribution >= 4 is 87.1 Å². The molecular formula is C36H33Cl3N6O5S. The number of amides is 2. The molecule has 0 atom stereocenters. The van der Waals surface area contributed by atoms with Gasteiger partial charge < -0.3 is 19.5 Å². The van der Waals surface area contributed by atoms with Crippen LogP contribution in [0.2, 0.25) is 14.4 Å². The van der Waals surface area contributed by atoms with Gasteiger partial charge >= 0.3 is 6.03 Å². The number of aromatic nitrogens is 2. The van der Waals surface area contributed by atoms with Gasteiger partial charge in [-0.25, -0.2) is 4.79 Å². The molecule has 1 N–H and O–H groups in total. The van der Waals surface area contributed by atoms with Gasteiger partial charge in [-0.1, -0.05) is 62.6 Å². The van der Waals surface area contributed by atoms with Crippen molar-refractivity contribution in [1.29, 1.82) is 0 Å². The molecule has 264 valence electrons. The first-order valence-corrected chi connectivity index (χ1v) is 18.2. The molecule has 3 aliphatic rings. The number of carbonyl (C=O) groups excluding carboxylic acids is 3. The van der Waals surface area contributed by atoms with Gasteiger partial charge in [0.25, 0.3) is 0 Å². The number of urea groups is 1. The van der Waals surface area contributed by atoms with Crippen molar-refractivity contribution in [2.75, 3.05) is 25.0 Å². The molecule has 51 heavy (non-hydrogen) atoms. The number of likely N-dealkylation sites (tertiary alicyclic amines) is 1. The Morgan fingerprint density at radius 3 is 2.43 bits per heavy atom. The zero-order valence-electron chi connectivity index (χ0n) is 27.2. The van der Waals surface area contributed by atoms with Gasteiger partial charge in [0.2, 0.25) is 0 Å². The van der Waals surface area contributed by atoms with Gasteiger partial charge in [-0.15, -0.1) is 5.10 Å². The summed E-state index contributed by atoms with van der Waals surface area (Å²) in [5, 5.41) is 11.6. The highest BCUT2D eigenvalue weighted by Gasteiger charge is 2.35. The number of anilines is 1. The lowest BCUT2D eigenvalue weighted by atomic mass is 9.77. The van der Waals surface area contributed by atoms with Gasteiger partial charge in [0.1, 0.15) is 33.3 Å². The number of carbonyl (C=O) groups is 3. The number of piperidine rings is 1. The maximum absolute atomic E-state index is 12.4. The Balaban J connectivity index is 0.000000176. The number of nitrogens with zero attached hydrogens (tertiary/aromatic N) is 5. The van der Waals surface area contributed by atoms with Crippen molar-refractivity contribution in [3.63, 3.8) is 0 Å². The van der Waals surface area contributed by atoms with Gasteiger partial charge in [0.05, 0.1) is 19.0 Å². The maximum Gasteiger partial charge on any atom is 0.321 e. The lowest BCUT2D eigenvalue weighted by molar-refractivity contribution is -0.133. The number of rotatable bonds is 8. The zero-order valence-corrected chi connectivity index (χ0v) is 30.3. The summed E-state index contributed by atoms with van der Waals surface area (Å²) in [6, 6.07) is 18.2. The molecule has 1 saturated heterocycles. The third kappa shape index (κ3) is 9.70. The summed E-state index contributed by atoms with van der Waals surface area (Å²) in [5.41, 5.74) is 4.38. The second-order valence-electron chi connectivity index (χ2n) is 12.2. The van der Waals surface area contributed by atoms with E-state index in [2.05, 4.69) is 31.1 Å². The quantitative estimate of drug-likeness (QED) is 0.108. The van der Waals surface area contributed by atoms with Crippen LogP contribution in [0, 0.1) is 11.8 Å². The van der Waals surface area contributed by atoms with Crippen LogP contribution in [0.5, 0.6) is 0 Å². The van der Waals surface area contributed by atoms with Gasteiger partial charge in [-0.3, -0.25) is 14.6 Å². The zero-order chi connectivity index (χ0) is 35.7. The van der Waals surface area contributed by atoms with Crippen molar-refractivity contribution in [1.82, 2.24) is 14.5 Å². The molecule has 7 rings (SSSR count). The van der Waals surface area contributed by atoms with E-state index in [4.69, 9.17) is 44.1 Å². The van der Waals surface area contributed by atoms with Gasteiger partial charge in [-0.2, -0.15) is 0 Å². The van der Waals surface area contributed by atoms with Crippen molar-refractivity contribution in [3.8, 4) is 0 Å². The van der Waals surface area contributed by atoms with Crippen LogP contribution in [0.3, 0.4) is 0 Å². The number of Topliss-reactive ketones (excluding diaryl/α,β-unsaturated/α-hetero) is 2. The molecule has 11 nitrogen and oxygen atoms in total. The molecule has 4 aromatic rings. The minimum atomic E-state index is -0.868. The average molecular weight is 768 g/mol. The first-order valence-electron chi connectivity index (χ1n) is 16.3. The first-order chi connectivity index (χ1) is 24.7. The van der Waals surface area contributed by atoms with Crippen LogP contribution in [0.4, 0.5) is 10.5 Å². The molecule has 0 unspecified atom stereocenters. The number of halogens is 3. The number of hydrogen-bond donors (Lipinski definition) is 1. The summed E-state index contributed by atoms with van der Waals surface area (Å²) < 4.78 is 9.54. The Kier molecular flexibility index (Phi) is 12.3. The first kappa shape index (κ1) is 36.4. The molecule has 0 spiro atoms. The fraction of sp³-hybridized carbons (Fsp3) is 0.306. The Morgan fingerprint density at radius 1 is 1.00 bits per heavy atom. The van der Waals surface area contributed by atoms with Crippen molar-refractivity contribution in [2.24, 2.45) is 22.0 Å². The van der Waals surface area contributed by atoms with Crippen LogP contribution in [0.25, 0.3) is 5.57 Å². The number of aliphatic imine (C=N–C) groups is 1. The van der Waals surface area contributed by atoms with E-state index < -0.39 is 5.92 Å². The molecule has 2 aromatic heterocycles. The normalized spacial score (nSPS) is 19.4. The number of oxime groups is 1. The molecular weight excluding hydrogens is 735 g/mol. The predicted molar refractivity (Wildman–Crippen MR) is 199 cm³/mol. The third-order valence-corrected chi connectivity index (χ3v) is 10.3. The summed E-state index contributed by atoms with van der Waals surface area (Å²) in [6.45, 7) is 2.16. The molecule has 2 amide bonds. The average Bonchev–Trinajstić information content (AvgIpc) is 3.91. The lowest BCUT2D eigenvalue weighted by Gasteiger charge is -2.31. The fourth-order valence-corrected chi connectivity index (χ4v) is 6.98. The van der Waals surface area contributed by atoms with E-state index in [9.17, 15) is 14.4 Å². The van der Waals surface area contributed by atoms with E-state index in [1.165, 1.54) is 6.21 Å². The van der Waals surface area contributed by atoms with Crippen LogP contribution < -0.4 is 5.32 Å². The summed E-state index contributed by atoms with van der Waals surface area (Å²) in [7, 11) is 0. The number of allylic oxidation sites excluding steroid dienone is 1. The Bertz CT molecular complexity index is 1920. The highest BCUT2D eigenvalue weighted by molar-refractivity contribution is 7.10. The summed E-state index contributed by atoms with van der Waals surface area (Å²) >= 11 is 18.7. The summed E-state index contributed by atoms with van der Waals surface area (Å²) in [5.74, 6) is -0.0381. The maximum atomic E-state index is 12.4. The SMILES string of the molecule is O=C(Nc1cccc(Cl)c1)N1CCC(C2=NCC(c3ccco3)=C2)CC1.O=C1CC(c2ccc(Cl)cc2)CC(=O)C1/C=N/OCc1nnsc1Cl. The van der Waals surface area contributed by atoms with E-state index in [1.807, 2.05) is 41.3 Å². The van der Waals surface area contributed by atoms with E-state index in [1.54, 1.807) is 30.5 Å². The van der Waals surface area contributed by atoms with Crippen LogP contribution in [0.15, 0.2) is 87.6 Å². The standard InChI is InChI=1S/C20H20ClN3O2.C16H13Cl2N3O3S/c21-16-3-1-4-17(12-16)23-20(25)24-8-6-14(7-9-24)18-11-15(13-22-18)19-5-2-10-26-19;17-11-3-1-9(2-4-11)10-5-14(22)12(15(23)6-10)7-19-24-8-13-16(18)25-21-20-13/h1-5,10-12,14H,6-9,13H2,(H,23,25);1-4,7,10,12H,5-6,8H2/b;19-7+. The third-order valence-electron chi connectivity index (χ3n) is 8.79. The summed E-state index contributed by atoms with van der Waals surface area (Å²) in [4.78, 5) is 48.6. The lowest BCUT2D eigenvalue weighted by Crippen LogP contribution is -2.42. The largest absolute Gasteiger partial charge is 0.465 e. The molecule has 2 aromatic carbocycles. The molecule has 2 fully saturated rings. The predicted octanol–water partition coefficient (Wildman–Crippen LogP) is 8.39.